The molecule has 2 rings (SSSR count). The molecule has 0 saturated carbocycles. The number of halogens is 3. The van der Waals surface area contributed by atoms with Crippen molar-refractivity contribution in [2.45, 2.75) is 64.7 Å². The Balaban J connectivity index is 2.39. The molecule has 0 radical (unpaired) electrons. The number of benzene rings is 1. The zero-order chi connectivity index (χ0) is 23.8. The molecule has 1 amide bonds. The number of rotatable bonds is 12. The van der Waals surface area contributed by atoms with E-state index in [1.165, 1.54) is 6.92 Å². The summed E-state index contributed by atoms with van der Waals surface area (Å²) >= 11 is 0.913. The van der Waals surface area contributed by atoms with Crippen molar-refractivity contribution >= 4 is 38.6 Å². The standard InChI is InChI=1S/C21H28F3N3O4S/c1-4-7-9-17(28)26-20(21(22,23)24,18(29)30-6-3)27-19-25-15-11-10-14(13-16(15)32-19)31-12-8-5-2/h10-11,13H,4-9,12H2,1-3H3,(H,25,27)(H,26,28)/t20-/m1/s1. The fourth-order valence-corrected chi connectivity index (χ4v) is 3.73. The molecule has 178 valence electrons. The molecule has 0 unspecified atom stereocenters. The van der Waals surface area contributed by atoms with Gasteiger partial charge in [0, 0.05) is 6.42 Å². The van der Waals surface area contributed by atoms with Crippen molar-refractivity contribution in [3.8, 4) is 5.75 Å². The summed E-state index contributed by atoms with van der Waals surface area (Å²) in [5.74, 6) is -2.00. The molecule has 0 bridgehead atoms. The second-order valence-corrected chi connectivity index (χ2v) is 8.13. The Kier molecular flexibility index (Phi) is 9.11. The molecule has 1 aromatic carbocycles. The van der Waals surface area contributed by atoms with E-state index in [1.54, 1.807) is 25.1 Å². The molecule has 1 aromatic heterocycles. The number of hydrogen-bond acceptors (Lipinski definition) is 7. The number of thiazole rings is 1. The van der Waals surface area contributed by atoms with Crippen LogP contribution in [0.25, 0.3) is 10.2 Å². The Hall–Kier alpha value is -2.56. The van der Waals surface area contributed by atoms with Gasteiger partial charge in [-0.2, -0.15) is 13.2 Å². The van der Waals surface area contributed by atoms with Gasteiger partial charge >= 0.3 is 17.8 Å². The van der Waals surface area contributed by atoms with Crippen molar-refractivity contribution in [2.75, 3.05) is 18.5 Å². The van der Waals surface area contributed by atoms with E-state index in [4.69, 9.17) is 4.74 Å². The molecule has 32 heavy (non-hydrogen) atoms. The lowest BCUT2D eigenvalue weighted by molar-refractivity contribution is -0.207. The average molecular weight is 476 g/mol. The molecule has 7 nitrogen and oxygen atoms in total. The number of esters is 1. The highest BCUT2D eigenvalue weighted by atomic mass is 32.1. The Labute approximate surface area is 188 Å². The summed E-state index contributed by atoms with van der Waals surface area (Å²) in [5, 5.41) is 3.75. The SMILES string of the molecule is CCCCOc1ccc2nc(N[C@](NC(=O)CCCC)(C(=O)OCC)C(F)(F)F)sc2c1. The lowest BCUT2D eigenvalue weighted by Gasteiger charge is -2.34. The molecule has 1 atom stereocenters. The summed E-state index contributed by atoms with van der Waals surface area (Å²) in [7, 11) is 0. The molecule has 0 aliphatic rings. The topological polar surface area (TPSA) is 89.5 Å². The molecule has 2 aromatic rings. The summed E-state index contributed by atoms with van der Waals surface area (Å²) in [6.45, 7) is 5.45. The smallest absolute Gasteiger partial charge is 0.442 e. The predicted octanol–water partition coefficient (Wildman–Crippen LogP) is 5.02. The minimum Gasteiger partial charge on any atom is -0.494 e. The van der Waals surface area contributed by atoms with E-state index < -0.39 is 23.7 Å². The number of nitrogens with one attached hydrogen (secondary N) is 2. The molecule has 2 N–H and O–H groups in total. The molecule has 0 saturated heterocycles. The highest BCUT2D eigenvalue weighted by Gasteiger charge is 2.64. The largest absolute Gasteiger partial charge is 0.494 e. The number of anilines is 1. The van der Waals surface area contributed by atoms with Crippen LogP contribution in [-0.4, -0.2) is 41.9 Å². The van der Waals surface area contributed by atoms with Gasteiger partial charge in [0.1, 0.15) is 5.75 Å². The van der Waals surface area contributed by atoms with Gasteiger partial charge in [-0.3, -0.25) is 4.79 Å². The predicted molar refractivity (Wildman–Crippen MR) is 117 cm³/mol. The molecule has 0 spiro atoms. The number of fused-ring (bicyclic) bond motifs is 1. The number of aromatic nitrogens is 1. The number of nitrogens with zero attached hydrogens (tertiary/aromatic N) is 1. The number of carbonyl (C=O) groups excluding carboxylic acids is 2. The third-order valence-electron chi connectivity index (χ3n) is 4.51. The van der Waals surface area contributed by atoms with Gasteiger partial charge < -0.3 is 20.1 Å². The Bertz CT molecular complexity index is 919. The zero-order valence-corrected chi connectivity index (χ0v) is 19.1. The Morgan fingerprint density at radius 3 is 2.47 bits per heavy atom. The summed E-state index contributed by atoms with van der Waals surface area (Å²) in [6, 6.07) is 4.97. The fraction of sp³-hybridized carbons (Fsp3) is 0.571. The second-order valence-electron chi connectivity index (χ2n) is 7.10. The van der Waals surface area contributed by atoms with Crippen LogP contribution in [0.3, 0.4) is 0 Å². The first kappa shape index (κ1) is 25.7. The molecule has 1 heterocycles. The zero-order valence-electron chi connectivity index (χ0n) is 18.3. The molecular weight excluding hydrogens is 447 g/mol. The van der Waals surface area contributed by atoms with Gasteiger partial charge in [-0.1, -0.05) is 38.0 Å². The van der Waals surface area contributed by atoms with Crippen LogP contribution in [0.1, 0.15) is 52.9 Å². The molecule has 0 aliphatic carbocycles. The monoisotopic (exact) mass is 475 g/mol. The van der Waals surface area contributed by atoms with E-state index in [1.807, 2.05) is 12.2 Å². The van der Waals surface area contributed by atoms with Crippen molar-refractivity contribution in [3.05, 3.63) is 18.2 Å². The minimum absolute atomic E-state index is 0.159. The summed E-state index contributed by atoms with van der Waals surface area (Å²) < 4.78 is 53.4. The van der Waals surface area contributed by atoms with Crippen LogP contribution in [0.2, 0.25) is 0 Å². The first-order valence-corrected chi connectivity index (χ1v) is 11.3. The molecule has 11 heteroatoms. The number of hydrogen-bond donors (Lipinski definition) is 2. The maximum atomic E-state index is 14.2. The van der Waals surface area contributed by atoms with Gasteiger partial charge in [0.15, 0.2) is 5.13 Å². The van der Waals surface area contributed by atoms with Gasteiger partial charge in [-0.15, -0.1) is 0 Å². The highest BCUT2D eigenvalue weighted by molar-refractivity contribution is 7.22. The highest BCUT2D eigenvalue weighted by Crippen LogP contribution is 2.36. The fourth-order valence-electron chi connectivity index (χ4n) is 2.78. The third kappa shape index (κ3) is 6.24. The van der Waals surface area contributed by atoms with E-state index in [-0.39, 0.29) is 18.2 Å². The second kappa shape index (κ2) is 11.3. The van der Waals surface area contributed by atoms with Crippen molar-refractivity contribution in [2.24, 2.45) is 0 Å². The van der Waals surface area contributed by atoms with Crippen molar-refractivity contribution in [3.63, 3.8) is 0 Å². The summed E-state index contributed by atoms with van der Waals surface area (Å²) in [5.41, 5.74) is -3.03. The van der Waals surface area contributed by atoms with Crippen molar-refractivity contribution in [1.29, 1.82) is 0 Å². The maximum Gasteiger partial charge on any atom is 0.442 e. The van der Waals surface area contributed by atoms with E-state index in [2.05, 4.69) is 15.0 Å². The lowest BCUT2D eigenvalue weighted by atomic mass is 10.1. The quantitative estimate of drug-likeness (QED) is 0.255. The van der Waals surface area contributed by atoms with E-state index >= 15 is 0 Å². The van der Waals surface area contributed by atoms with E-state index in [0.717, 1.165) is 24.2 Å². The van der Waals surface area contributed by atoms with Gasteiger partial charge in [0.25, 0.3) is 0 Å². The van der Waals surface area contributed by atoms with Crippen LogP contribution in [0, 0.1) is 0 Å². The summed E-state index contributed by atoms with van der Waals surface area (Å²) in [4.78, 5) is 28.8. The third-order valence-corrected chi connectivity index (χ3v) is 5.45. The molecular formula is C21H28F3N3O4S. The van der Waals surface area contributed by atoms with Crippen LogP contribution in [-0.2, 0) is 14.3 Å². The number of unbranched alkanes of at least 4 members (excludes halogenated alkanes) is 2. The van der Waals surface area contributed by atoms with E-state index in [0.29, 0.717) is 35.4 Å². The molecule has 0 fully saturated rings. The first-order chi connectivity index (χ1) is 15.2. The Morgan fingerprint density at radius 1 is 1.12 bits per heavy atom. The number of alkyl halides is 3. The summed E-state index contributed by atoms with van der Waals surface area (Å²) in [6.07, 6.45) is -2.52. The van der Waals surface area contributed by atoms with Gasteiger partial charge in [-0.05, 0) is 38.0 Å². The number of amides is 1. The maximum absolute atomic E-state index is 14.2. The van der Waals surface area contributed by atoms with Crippen molar-refractivity contribution < 1.29 is 32.2 Å². The molecule has 0 aliphatic heterocycles. The van der Waals surface area contributed by atoms with Crippen LogP contribution in [0.5, 0.6) is 5.75 Å². The first-order valence-electron chi connectivity index (χ1n) is 10.5. The number of ether oxygens (including phenoxy) is 2. The minimum atomic E-state index is -5.19. The lowest BCUT2D eigenvalue weighted by Crippen LogP contribution is -2.69. The number of carbonyl (C=O) groups is 2. The van der Waals surface area contributed by atoms with Gasteiger partial charge in [0.05, 0.1) is 23.4 Å². The van der Waals surface area contributed by atoms with Crippen LogP contribution >= 0.6 is 11.3 Å². The average Bonchev–Trinajstić information content (AvgIpc) is 3.12. The van der Waals surface area contributed by atoms with Gasteiger partial charge in [0.2, 0.25) is 5.91 Å². The van der Waals surface area contributed by atoms with Crippen LogP contribution in [0.15, 0.2) is 18.2 Å². The van der Waals surface area contributed by atoms with E-state index in [9.17, 15) is 22.8 Å². The van der Waals surface area contributed by atoms with Crippen LogP contribution in [0.4, 0.5) is 18.3 Å². The van der Waals surface area contributed by atoms with Gasteiger partial charge in [-0.25, -0.2) is 9.78 Å². The van der Waals surface area contributed by atoms with Crippen LogP contribution < -0.4 is 15.4 Å². The van der Waals surface area contributed by atoms with Crippen molar-refractivity contribution in [1.82, 2.24) is 10.3 Å². The Morgan fingerprint density at radius 2 is 1.84 bits per heavy atom. The normalized spacial score (nSPS) is 13.4.